The number of carbonyl (C=O) groups excluding carboxylic acids is 1. The minimum atomic E-state index is -1.14. The molecule has 0 bridgehead atoms. The summed E-state index contributed by atoms with van der Waals surface area (Å²) < 4.78 is 11.1. The zero-order valence-corrected chi connectivity index (χ0v) is 29.1. The summed E-state index contributed by atoms with van der Waals surface area (Å²) in [6.07, 6.45) is 5.16. The predicted octanol–water partition coefficient (Wildman–Crippen LogP) is 6.85. The number of fused-ring (bicyclic) bond motifs is 3. The minimum Gasteiger partial charge on any atom is -0.360 e. The third-order valence-corrected chi connectivity index (χ3v) is 12.0. The van der Waals surface area contributed by atoms with Crippen molar-refractivity contribution in [3.8, 4) is 0 Å². The Morgan fingerprint density at radius 3 is 2.68 bits per heavy atom. The van der Waals surface area contributed by atoms with Gasteiger partial charge in [0.25, 0.3) is 5.91 Å². The van der Waals surface area contributed by atoms with Crippen molar-refractivity contribution < 1.29 is 9.53 Å². The molecule has 3 atom stereocenters. The van der Waals surface area contributed by atoms with E-state index in [4.69, 9.17) is 14.8 Å². The molecule has 1 saturated heterocycles. The molecule has 8 nitrogen and oxygen atoms in total. The van der Waals surface area contributed by atoms with Gasteiger partial charge in [-0.3, -0.25) is 4.79 Å². The second-order valence-corrected chi connectivity index (χ2v) is 20.8. The first-order chi connectivity index (χ1) is 21.0. The van der Waals surface area contributed by atoms with E-state index in [-0.39, 0.29) is 11.9 Å². The van der Waals surface area contributed by atoms with Gasteiger partial charge >= 0.3 is 0 Å². The van der Waals surface area contributed by atoms with E-state index in [2.05, 4.69) is 82.4 Å². The number of hydrogen-bond donors (Lipinski definition) is 1. The Labute approximate surface area is 269 Å². The Bertz CT molecular complexity index is 1730. The quantitative estimate of drug-likeness (QED) is 0.147. The first kappa shape index (κ1) is 29.7. The average Bonchev–Trinajstić information content (AvgIpc) is 3.30. The summed E-state index contributed by atoms with van der Waals surface area (Å²) in [5.41, 5.74) is 7.28. The SMILES string of the molecule is Cc1nc(N2CC3CC3C2)ccc1Cn1cc(C(=O)N[C@@H]2CCc3c2nn(COCC[Si](C)(C)C)c3C)c2cc(Br)ccc21. The molecular formula is C34H43BrN6O2Si. The zero-order chi connectivity index (χ0) is 30.7. The number of rotatable bonds is 10. The van der Waals surface area contributed by atoms with Crippen molar-refractivity contribution in [2.45, 2.75) is 78.1 Å². The van der Waals surface area contributed by atoms with Gasteiger partial charge in [0.15, 0.2) is 0 Å². The molecule has 4 aromatic rings. The highest BCUT2D eigenvalue weighted by molar-refractivity contribution is 9.10. The van der Waals surface area contributed by atoms with Crippen LogP contribution in [0.5, 0.6) is 0 Å². The molecule has 0 spiro atoms. The van der Waals surface area contributed by atoms with Crippen molar-refractivity contribution in [1.82, 2.24) is 24.6 Å². The van der Waals surface area contributed by atoms with Crippen LogP contribution in [0.25, 0.3) is 10.9 Å². The normalized spacial score (nSPS) is 20.8. The summed E-state index contributed by atoms with van der Waals surface area (Å²) in [5.74, 6) is 2.77. The average molecular weight is 676 g/mol. The van der Waals surface area contributed by atoms with Crippen molar-refractivity contribution >= 4 is 46.6 Å². The van der Waals surface area contributed by atoms with Crippen molar-refractivity contribution in [1.29, 1.82) is 0 Å². The second kappa shape index (κ2) is 11.4. The van der Waals surface area contributed by atoms with Crippen LogP contribution in [-0.2, 0) is 24.4 Å². The number of piperidine rings is 1. The molecule has 1 saturated carbocycles. The number of anilines is 1. The number of aromatic nitrogens is 4. The van der Waals surface area contributed by atoms with Crippen LogP contribution in [0.15, 0.2) is 41.0 Å². The van der Waals surface area contributed by atoms with E-state index in [1.807, 2.05) is 23.0 Å². The summed E-state index contributed by atoms with van der Waals surface area (Å²) >= 11 is 3.63. The van der Waals surface area contributed by atoms with E-state index >= 15 is 0 Å². The molecular weight excluding hydrogens is 632 g/mol. The Morgan fingerprint density at radius 2 is 1.93 bits per heavy atom. The van der Waals surface area contributed by atoms with Gasteiger partial charge in [0, 0.05) is 67.3 Å². The Morgan fingerprint density at radius 1 is 1.14 bits per heavy atom. The van der Waals surface area contributed by atoms with E-state index in [0.717, 1.165) is 88.7 Å². The molecule has 2 fully saturated rings. The number of nitrogens with zero attached hydrogens (tertiary/aromatic N) is 5. The van der Waals surface area contributed by atoms with Crippen molar-refractivity contribution in [3.63, 3.8) is 0 Å². The second-order valence-electron chi connectivity index (χ2n) is 14.3. The van der Waals surface area contributed by atoms with Crippen LogP contribution in [-0.4, -0.2) is 53.0 Å². The van der Waals surface area contributed by atoms with Crippen LogP contribution in [0.2, 0.25) is 25.7 Å². The molecule has 0 radical (unpaired) electrons. The minimum absolute atomic E-state index is 0.0684. The molecule has 44 heavy (non-hydrogen) atoms. The van der Waals surface area contributed by atoms with Crippen LogP contribution < -0.4 is 10.2 Å². The number of halogens is 1. The van der Waals surface area contributed by atoms with E-state index in [1.54, 1.807) is 0 Å². The monoisotopic (exact) mass is 674 g/mol. The van der Waals surface area contributed by atoms with E-state index in [9.17, 15) is 4.79 Å². The standard InChI is InChI=1S/C34H43BrN6O2Si/c1-21-23(6-11-32(36-21)40-17-24-14-25(24)18-40)16-39-19-29(28-15-26(35)7-10-31(28)39)34(42)37-30-9-8-27-22(2)41(38-33(27)30)20-43-12-13-44(3,4)5/h6-7,10-11,15,19,24-25,30H,8-9,12-14,16-18,20H2,1-5H3,(H,37,42)/t24?,25?,30-/m1/s1. The molecule has 1 aliphatic heterocycles. The summed E-state index contributed by atoms with van der Waals surface area (Å²) in [4.78, 5) is 21.3. The summed E-state index contributed by atoms with van der Waals surface area (Å²) in [6.45, 7) is 15.4. The maximum Gasteiger partial charge on any atom is 0.253 e. The van der Waals surface area contributed by atoms with Crippen LogP contribution in [0.1, 0.15) is 57.5 Å². The molecule has 1 N–H and O–H groups in total. The maximum absolute atomic E-state index is 13.9. The highest BCUT2D eigenvalue weighted by atomic mass is 79.9. The van der Waals surface area contributed by atoms with E-state index in [0.29, 0.717) is 18.8 Å². The Balaban J connectivity index is 1.08. The van der Waals surface area contributed by atoms with Crippen molar-refractivity contribution in [2.24, 2.45) is 11.8 Å². The lowest BCUT2D eigenvalue weighted by molar-refractivity contribution is 0.0764. The Hall–Kier alpha value is -2.95. The van der Waals surface area contributed by atoms with Crippen LogP contribution >= 0.6 is 15.9 Å². The fourth-order valence-electron chi connectivity index (χ4n) is 6.92. The molecule has 7 rings (SSSR count). The zero-order valence-electron chi connectivity index (χ0n) is 26.5. The smallest absolute Gasteiger partial charge is 0.253 e. The molecule has 10 heteroatoms. The summed E-state index contributed by atoms with van der Waals surface area (Å²) in [6, 6.07) is 11.6. The van der Waals surface area contributed by atoms with Crippen LogP contribution in [0.4, 0.5) is 5.82 Å². The molecule has 2 unspecified atom stereocenters. The lowest BCUT2D eigenvalue weighted by atomic mass is 10.1. The van der Waals surface area contributed by atoms with Gasteiger partial charge in [0.05, 0.1) is 17.3 Å². The topological polar surface area (TPSA) is 77.2 Å². The molecule has 4 heterocycles. The van der Waals surface area contributed by atoms with E-state index < -0.39 is 8.07 Å². The van der Waals surface area contributed by atoms with Gasteiger partial charge in [-0.05, 0) is 86.4 Å². The first-order valence-electron chi connectivity index (χ1n) is 16.0. The highest BCUT2D eigenvalue weighted by Gasteiger charge is 2.45. The predicted molar refractivity (Wildman–Crippen MR) is 181 cm³/mol. The third kappa shape index (κ3) is 5.88. The highest BCUT2D eigenvalue weighted by Crippen LogP contribution is 2.46. The molecule has 232 valence electrons. The summed E-state index contributed by atoms with van der Waals surface area (Å²) in [5, 5.41) is 9.17. The number of ether oxygens (including phenoxy) is 1. The van der Waals surface area contributed by atoms with Gasteiger partial charge in [0.1, 0.15) is 12.5 Å². The summed E-state index contributed by atoms with van der Waals surface area (Å²) in [7, 11) is -1.14. The third-order valence-electron chi connectivity index (χ3n) is 9.80. The van der Waals surface area contributed by atoms with Crippen LogP contribution in [0, 0.1) is 25.7 Å². The fourth-order valence-corrected chi connectivity index (χ4v) is 8.04. The van der Waals surface area contributed by atoms with Crippen molar-refractivity contribution in [3.05, 3.63) is 74.8 Å². The number of carbonyl (C=O) groups is 1. The largest absolute Gasteiger partial charge is 0.360 e. The van der Waals surface area contributed by atoms with Crippen molar-refractivity contribution in [2.75, 3.05) is 24.6 Å². The fraction of sp³-hybridized carbons (Fsp3) is 0.500. The van der Waals surface area contributed by atoms with Gasteiger partial charge in [-0.2, -0.15) is 5.10 Å². The maximum atomic E-state index is 13.9. The molecule has 3 aromatic heterocycles. The molecule has 1 aromatic carbocycles. The van der Waals surface area contributed by atoms with Gasteiger partial charge in [-0.15, -0.1) is 0 Å². The first-order valence-corrected chi connectivity index (χ1v) is 20.5. The van der Waals surface area contributed by atoms with Gasteiger partial charge in [0.2, 0.25) is 0 Å². The lowest BCUT2D eigenvalue weighted by Gasteiger charge is -2.20. The number of amides is 1. The number of nitrogens with one attached hydrogen (secondary N) is 1. The van der Waals surface area contributed by atoms with Gasteiger partial charge in [-0.1, -0.05) is 41.6 Å². The van der Waals surface area contributed by atoms with Crippen LogP contribution in [0.3, 0.4) is 0 Å². The molecule has 2 aliphatic carbocycles. The lowest BCUT2D eigenvalue weighted by Crippen LogP contribution is -2.27. The number of hydrogen-bond acceptors (Lipinski definition) is 5. The van der Waals surface area contributed by atoms with Gasteiger partial charge < -0.3 is 19.5 Å². The molecule has 3 aliphatic rings. The number of aryl methyl sites for hydroxylation is 1. The molecule has 1 amide bonds. The van der Waals surface area contributed by atoms with Gasteiger partial charge in [-0.25, -0.2) is 9.67 Å². The van der Waals surface area contributed by atoms with E-state index in [1.165, 1.54) is 17.5 Å². The Kier molecular flexibility index (Phi) is 7.73. The number of benzene rings is 1. The number of pyridine rings is 1.